The van der Waals surface area contributed by atoms with Crippen molar-refractivity contribution < 1.29 is 14.6 Å². The van der Waals surface area contributed by atoms with Crippen molar-refractivity contribution in [2.75, 3.05) is 26.2 Å². The van der Waals surface area contributed by atoms with Crippen LogP contribution < -0.4 is 10.1 Å². The van der Waals surface area contributed by atoms with E-state index in [4.69, 9.17) is 9.73 Å². The fourth-order valence-corrected chi connectivity index (χ4v) is 5.83. The van der Waals surface area contributed by atoms with Gasteiger partial charge in [0.2, 0.25) is 0 Å². The molecule has 41 heavy (non-hydrogen) atoms. The summed E-state index contributed by atoms with van der Waals surface area (Å²) >= 11 is 4.63. The molecule has 2 unspecified atom stereocenters. The number of ether oxygens (including phenoxy) is 1. The van der Waals surface area contributed by atoms with Crippen molar-refractivity contribution in [3.05, 3.63) is 112 Å². The van der Waals surface area contributed by atoms with Crippen molar-refractivity contribution in [2.24, 2.45) is 21.8 Å². The van der Waals surface area contributed by atoms with E-state index >= 15 is 0 Å². The minimum absolute atomic E-state index is 0.0178. The Hall–Kier alpha value is -4.30. The van der Waals surface area contributed by atoms with E-state index < -0.39 is 0 Å². The van der Waals surface area contributed by atoms with Crippen LogP contribution in [0.25, 0.3) is 0 Å². The number of aromatic hydroxyl groups is 1. The molecule has 1 amide bonds. The lowest BCUT2D eigenvalue weighted by molar-refractivity contribution is 0.0674. The molecule has 3 aliphatic rings. The number of rotatable bonds is 7. The van der Waals surface area contributed by atoms with Crippen LogP contribution >= 0.6 is 12.6 Å². The van der Waals surface area contributed by atoms with Gasteiger partial charge in [-0.3, -0.25) is 14.8 Å². The number of nitrogens with one attached hydrogen (secondary N) is 1. The summed E-state index contributed by atoms with van der Waals surface area (Å²) in [5.74, 6) is 1.86. The van der Waals surface area contributed by atoms with Gasteiger partial charge in [-0.25, -0.2) is 0 Å². The number of allylic oxidation sites excluding steroid dienone is 2. The number of dihydropyridines is 2. The van der Waals surface area contributed by atoms with Crippen LogP contribution in [0.1, 0.15) is 28.8 Å². The van der Waals surface area contributed by atoms with Gasteiger partial charge in [0.25, 0.3) is 5.91 Å². The molecule has 3 aliphatic heterocycles. The Bertz CT molecular complexity index is 1560. The summed E-state index contributed by atoms with van der Waals surface area (Å²) in [5, 5.41) is 14.1. The number of carbonyl (C=O) groups excluding carboxylic acids is 1. The van der Waals surface area contributed by atoms with Crippen molar-refractivity contribution >= 4 is 30.5 Å². The second-order valence-corrected chi connectivity index (χ2v) is 11.0. The van der Waals surface area contributed by atoms with Crippen LogP contribution in [0.15, 0.2) is 111 Å². The average molecular weight is 565 g/mol. The summed E-state index contributed by atoms with van der Waals surface area (Å²) in [6.07, 6.45) is 5.73. The molecule has 3 aromatic rings. The van der Waals surface area contributed by atoms with Crippen LogP contribution in [0.3, 0.4) is 0 Å². The third-order valence-corrected chi connectivity index (χ3v) is 7.99. The topological polar surface area (TPSA) is 86.5 Å². The molecular weight excluding hydrogens is 532 g/mol. The number of hydrogen-bond donors (Lipinski definition) is 3. The average Bonchev–Trinajstić information content (AvgIpc) is 3.01. The number of hydrogen-bond acceptors (Lipinski definition) is 7. The fourth-order valence-electron chi connectivity index (χ4n) is 5.55. The van der Waals surface area contributed by atoms with Crippen LogP contribution in [0.4, 0.5) is 0 Å². The minimum atomic E-state index is -0.0178. The Kier molecular flexibility index (Phi) is 7.91. The predicted octanol–water partition coefficient (Wildman–Crippen LogP) is 5.86. The molecule has 0 bridgehead atoms. The fraction of sp³-hybridized carbons (Fsp3) is 0.242. The maximum absolute atomic E-state index is 13.5. The number of amides is 1. The Morgan fingerprint density at radius 1 is 1.05 bits per heavy atom. The lowest BCUT2D eigenvalue weighted by Gasteiger charge is -2.34. The first-order chi connectivity index (χ1) is 20.0. The van der Waals surface area contributed by atoms with Gasteiger partial charge in [-0.2, -0.15) is 0 Å². The van der Waals surface area contributed by atoms with E-state index in [0.717, 1.165) is 48.0 Å². The molecule has 6 rings (SSSR count). The van der Waals surface area contributed by atoms with Crippen molar-refractivity contribution in [2.45, 2.75) is 12.8 Å². The largest absolute Gasteiger partial charge is 0.507 e. The highest BCUT2D eigenvalue weighted by Gasteiger charge is 2.30. The standard InChI is InChI=1S/C33H32N4O3S/c38-30-14-5-4-13-26(30)29-17-28(27-19-34-20-31(41)32(27)36-29)35-18-22-8-7-15-37(21-22)33(39)23-9-6-12-25(16-23)40-24-10-2-1-3-11-24/h1-6,9-14,16-17,20,22,27,35,38,41H,7-8,15,18-19,21H2. The first-order valence-corrected chi connectivity index (χ1v) is 14.4. The van der Waals surface area contributed by atoms with Crippen molar-refractivity contribution in [1.82, 2.24) is 10.2 Å². The summed E-state index contributed by atoms with van der Waals surface area (Å²) in [6.45, 7) is 2.72. The molecule has 1 fully saturated rings. The van der Waals surface area contributed by atoms with Crippen LogP contribution in [-0.2, 0) is 0 Å². The van der Waals surface area contributed by atoms with Gasteiger partial charge in [-0.1, -0.05) is 36.4 Å². The van der Waals surface area contributed by atoms with E-state index in [9.17, 15) is 9.90 Å². The zero-order valence-corrected chi connectivity index (χ0v) is 23.5. The zero-order valence-electron chi connectivity index (χ0n) is 22.6. The number of para-hydroxylation sites is 2. The molecule has 0 radical (unpaired) electrons. The Balaban J connectivity index is 1.14. The highest BCUT2D eigenvalue weighted by Crippen LogP contribution is 2.34. The molecule has 3 heterocycles. The van der Waals surface area contributed by atoms with Gasteiger partial charge < -0.3 is 20.1 Å². The van der Waals surface area contributed by atoms with Gasteiger partial charge >= 0.3 is 0 Å². The van der Waals surface area contributed by atoms with E-state index in [1.165, 1.54) is 0 Å². The number of nitrogens with zero attached hydrogens (tertiary/aromatic N) is 3. The summed E-state index contributed by atoms with van der Waals surface area (Å²) in [4.78, 5) is 25.5. The summed E-state index contributed by atoms with van der Waals surface area (Å²) < 4.78 is 5.95. The Labute approximate surface area is 245 Å². The molecule has 1 saturated heterocycles. The number of likely N-dealkylation sites (tertiary alicyclic amines) is 1. The van der Waals surface area contributed by atoms with Crippen LogP contribution in [0.5, 0.6) is 17.2 Å². The van der Waals surface area contributed by atoms with E-state index in [1.807, 2.05) is 77.7 Å². The Morgan fingerprint density at radius 3 is 2.71 bits per heavy atom. The van der Waals surface area contributed by atoms with E-state index in [-0.39, 0.29) is 17.6 Å². The van der Waals surface area contributed by atoms with E-state index in [2.05, 4.69) is 22.9 Å². The molecule has 0 aliphatic carbocycles. The molecular formula is C33H32N4O3S. The zero-order chi connectivity index (χ0) is 28.2. The lowest BCUT2D eigenvalue weighted by Crippen LogP contribution is -2.43. The van der Waals surface area contributed by atoms with Gasteiger partial charge in [-0.15, -0.1) is 12.6 Å². The number of piperidine rings is 1. The number of carbonyl (C=O) groups is 1. The summed E-state index contributed by atoms with van der Waals surface area (Å²) in [6, 6.07) is 24.2. The number of fused-ring (bicyclic) bond motifs is 1. The second kappa shape index (κ2) is 12.1. The third kappa shape index (κ3) is 6.07. The minimum Gasteiger partial charge on any atom is -0.507 e. The normalized spacial score (nSPS) is 20.2. The summed E-state index contributed by atoms with van der Waals surface area (Å²) in [5.41, 5.74) is 3.85. The maximum atomic E-state index is 13.5. The van der Waals surface area contributed by atoms with Crippen LogP contribution in [0, 0.1) is 11.8 Å². The highest BCUT2D eigenvalue weighted by atomic mass is 32.1. The van der Waals surface area contributed by atoms with E-state index in [0.29, 0.717) is 41.6 Å². The molecule has 2 atom stereocenters. The molecule has 3 aromatic carbocycles. The number of thiol groups is 1. The first-order valence-electron chi connectivity index (χ1n) is 13.9. The predicted molar refractivity (Wildman–Crippen MR) is 165 cm³/mol. The Morgan fingerprint density at radius 2 is 1.85 bits per heavy atom. The smallest absolute Gasteiger partial charge is 0.253 e. The van der Waals surface area contributed by atoms with Crippen molar-refractivity contribution in [3.63, 3.8) is 0 Å². The van der Waals surface area contributed by atoms with Gasteiger partial charge in [-0.05, 0) is 67.3 Å². The lowest BCUT2D eigenvalue weighted by atomic mass is 9.92. The molecule has 2 N–H and O–H groups in total. The molecule has 0 aromatic heterocycles. The SMILES string of the molecule is O=C(c1cccc(Oc2ccccc2)c1)N1CCCC(CNC2=CC(c3ccccc3O)=NC3=C(S)C=NCC23)C1. The van der Waals surface area contributed by atoms with Gasteiger partial charge in [0.05, 0.1) is 23.9 Å². The van der Waals surface area contributed by atoms with Crippen LogP contribution in [-0.4, -0.2) is 54.0 Å². The number of aliphatic imine (C=N–C) groups is 2. The van der Waals surface area contributed by atoms with Crippen LogP contribution in [0.2, 0.25) is 0 Å². The highest BCUT2D eigenvalue weighted by molar-refractivity contribution is 7.85. The molecule has 7 nitrogen and oxygen atoms in total. The van der Waals surface area contributed by atoms with Gasteiger partial charge in [0.15, 0.2) is 0 Å². The maximum Gasteiger partial charge on any atom is 0.253 e. The molecule has 0 saturated carbocycles. The third-order valence-electron chi connectivity index (χ3n) is 7.64. The molecule has 0 spiro atoms. The quantitative estimate of drug-likeness (QED) is 0.314. The van der Waals surface area contributed by atoms with Gasteiger partial charge in [0, 0.05) is 47.6 Å². The monoisotopic (exact) mass is 564 g/mol. The molecule has 208 valence electrons. The number of benzene rings is 3. The number of phenols is 1. The van der Waals surface area contributed by atoms with Crippen molar-refractivity contribution in [3.8, 4) is 17.2 Å². The van der Waals surface area contributed by atoms with E-state index in [1.54, 1.807) is 18.3 Å². The van der Waals surface area contributed by atoms with Gasteiger partial charge in [0.1, 0.15) is 17.2 Å². The first kappa shape index (κ1) is 26.9. The van der Waals surface area contributed by atoms with Crippen molar-refractivity contribution in [1.29, 1.82) is 0 Å². The second-order valence-electron chi connectivity index (χ2n) is 10.5. The number of phenolic OH excluding ortho intramolecular Hbond substituents is 1. The molecule has 8 heteroatoms. The summed E-state index contributed by atoms with van der Waals surface area (Å²) in [7, 11) is 0.